The van der Waals surface area contributed by atoms with Gasteiger partial charge in [0.05, 0.1) is 13.2 Å². The van der Waals surface area contributed by atoms with E-state index in [0.29, 0.717) is 32.6 Å². The highest BCUT2D eigenvalue weighted by atomic mass is 19.3. The van der Waals surface area contributed by atoms with E-state index in [-0.39, 0.29) is 37.2 Å². The molecule has 4 nitrogen and oxygen atoms in total. The van der Waals surface area contributed by atoms with Gasteiger partial charge >= 0.3 is 6.09 Å². The Morgan fingerprint density at radius 3 is 3.00 bits per heavy atom. The Morgan fingerprint density at radius 1 is 1.41 bits per heavy atom. The van der Waals surface area contributed by atoms with Gasteiger partial charge in [0.1, 0.15) is 0 Å². The number of hydrogen-bond acceptors (Lipinski definition) is 3. The monoisotopic (exact) mass is 319 g/mol. The number of cyclic esters (lactones) is 1. The topological polar surface area (TPSA) is 47.6 Å². The van der Waals surface area contributed by atoms with Gasteiger partial charge in [-0.05, 0) is 31.1 Å². The highest BCUT2D eigenvalue weighted by molar-refractivity contribution is 5.67. The van der Waals surface area contributed by atoms with Crippen LogP contribution in [0.25, 0.3) is 0 Å². The fourth-order valence-corrected chi connectivity index (χ4v) is 3.56. The van der Waals surface area contributed by atoms with Crippen molar-refractivity contribution in [1.82, 2.24) is 5.32 Å². The lowest BCUT2D eigenvalue weighted by molar-refractivity contribution is -0.0896. The van der Waals surface area contributed by atoms with Crippen LogP contribution in [0, 0.1) is 17.8 Å². The van der Waals surface area contributed by atoms with E-state index in [4.69, 9.17) is 9.47 Å². The molecular weight excluding hydrogens is 292 g/mol. The van der Waals surface area contributed by atoms with Crippen molar-refractivity contribution in [3.05, 3.63) is 0 Å². The molecule has 1 saturated heterocycles. The lowest BCUT2D eigenvalue weighted by Crippen LogP contribution is -2.39. The SMILES string of the molecule is CCCCOC[C@@H]1COC(=O)NCC[C@@H]2CC(F)(F)CCC12. The number of carbonyl (C=O) groups excluding carboxylic acids is 1. The summed E-state index contributed by atoms with van der Waals surface area (Å²) in [6.45, 7) is 3.91. The van der Waals surface area contributed by atoms with Gasteiger partial charge in [-0.15, -0.1) is 0 Å². The Hall–Kier alpha value is -0.910. The second kappa shape index (κ2) is 8.09. The van der Waals surface area contributed by atoms with Crippen molar-refractivity contribution in [1.29, 1.82) is 0 Å². The third-order valence-corrected chi connectivity index (χ3v) is 4.80. The molecule has 0 aromatic carbocycles. The minimum atomic E-state index is -2.58. The summed E-state index contributed by atoms with van der Waals surface area (Å²) in [7, 11) is 0. The van der Waals surface area contributed by atoms with E-state index in [1.807, 2.05) is 0 Å². The van der Waals surface area contributed by atoms with Gasteiger partial charge in [0, 0.05) is 31.9 Å². The molecule has 1 aliphatic carbocycles. The fourth-order valence-electron chi connectivity index (χ4n) is 3.56. The number of carbonyl (C=O) groups is 1. The highest BCUT2D eigenvalue weighted by Crippen LogP contribution is 2.44. The summed E-state index contributed by atoms with van der Waals surface area (Å²) < 4.78 is 38.3. The molecule has 0 aromatic rings. The molecule has 3 atom stereocenters. The van der Waals surface area contributed by atoms with Crippen LogP contribution in [-0.2, 0) is 9.47 Å². The normalized spacial score (nSPS) is 32.0. The van der Waals surface area contributed by atoms with E-state index >= 15 is 0 Å². The van der Waals surface area contributed by atoms with Crippen molar-refractivity contribution < 1.29 is 23.0 Å². The predicted octanol–water partition coefficient (Wildman–Crippen LogP) is 3.60. The Labute approximate surface area is 130 Å². The molecule has 128 valence electrons. The fraction of sp³-hybridized carbons (Fsp3) is 0.938. The number of rotatable bonds is 5. The van der Waals surface area contributed by atoms with E-state index in [1.165, 1.54) is 0 Å². The average Bonchev–Trinajstić information content (AvgIpc) is 2.53. The van der Waals surface area contributed by atoms with Crippen LogP contribution >= 0.6 is 0 Å². The van der Waals surface area contributed by atoms with Gasteiger partial charge in [0.25, 0.3) is 0 Å². The summed E-state index contributed by atoms with van der Waals surface area (Å²) in [4.78, 5) is 11.5. The molecule has 22 heavy (non-hydrogen) atoms. The average molecular weight is 319 g/mol. The smallest absolute Gasteiger partial charge is 0.407 e. The van der Waals surface area contributed by atoms with Crippen molar-refractivity contribution in [2.75, 3.05) is 26.4 Å². The Kier molecular flexibility index (Phi) is 6.41. The Balaban J connectivity index is 2.00. The van der Waals surface area contributed by atoms with Gasteiger partial charge in [0.2, 0.25) is 5.92 Å². The molecule has 1 saturated carbocycles. The lowest BCUT2D eigenvalue weighted by Gasteiger charge is -2.39. The van der Waals surface area contributed by atoms with Crippen LogP contribution in [0.5, 0.6) is 0 Å². The molecule has 0 spiro atoms. The van der Waals surface area contributed by atoms with Gasteiger partial charge in [-0.25, -0.2) is 13.6 Å². The molecule has 2 aliphatic rings. The maximum atomic E-state index is 13.7. The van der Waals surface area contributed by atoms with Crippen LogP contribution in [0.3, 0.4) is 0 Å². The molecule has 0 aromatic heterocycles. The highest BCUT2D eigenvalue weighted by Gasteiger charge is 2.44. The zero-order valence-corrected chi connectivity index (χ0v) is 13.3. The van der Waals surface area contributed by atoms with Crippen molar-refractivity contribution in [2.24, 2.45) is 17.8 Å². The molecule has 1 N–H and O–H groups in total. The quantitative estimate of drug-likeness (QED) is 0.788. The van der Waals surface area contributed by atoms with Crippen LogP contribution in [0.2, 0.25) is 0 Å². The molecular formula is C16H27F2NO3. The number of hydrogen-bond donors (Lipinski definition) is 1. The van der Waals surface area contributed by atoms with E-state index in [0.717, 1.165) is 12.8 Å². The van der Waals surface area contributed by atoms with Gasteiger partial charge in [-0.3, -0.25) is 0 Å². The first-order valence-corrected chi connectivity index (χ1v) is 8.38. The molecule has 6 heteroatoms. The first-order valence-electron chi connectivity index (χ1n) is 8.38. The third kappa shape index (κ3) is 5.07. The minimum absolute atomic E-state index is 0.0156. The molecule has 2 fully saturated rings. The van der Waals surface area contributed by atoms with Crippen molar-refractivity contribution in [3.63, 3.8) is 0 Å². The first-order chi connectivity index (χ1) is 10.5. The predicted molar refractivity (Wildman–Crippen MR) is 79.0 cm³/mol. The van der Waals surface area contributed by atoms with Gasteiger partial charge in [0.15, 0.2) is 0 Å². The largest absolute Gasteiger partial charge is 0.449 e. The molecule has 1 heterocycles. The second-order valence-corrected chi connectivity index (χ2v) is 6.53. The molecule has 2 rings (SSSR count). The second-order valence-electron chi connectivity index (χ2n) is 6.53. The third-order valence-electron chi connectivity index (χ3n) is 4.80. The number of unbranched alkanes of at least 4 members (excludes halogenated alkanes) is 1. The maximum Gasteiger partial charge on any atom is 0.407 e. The number of nitrogens with one attached hydrogen (secondary N) is 1. The minimum Gasteiger partial charge on any atom is -0.449 e. The lowest BCUT2D eigenvalue weighted by atomic mass is 9.70. The summed E-state index contributed by atoms with van der Waals surface area (Å²) in [6.07, 6.45) is 2.50. The van der Waals surface area contributed by atoms with Crippen LogP contribution < -0.4 is 5.32 Å². The number of ether oxygens (including phenoxy) is 2. The zero-order valence-electron chi connectivity index (χ0n) is 13.3. The zero-order chi connectivity index (χ0) is 16.0. The van der Waals surface area contributed by atoms with Crippen molar-refractivity contribution in [2.45, 2.75) is 51.4 Å². The first kappa shape index (κ1) is 17.4. The van der Waals surface area contributed by atoms with E-state index < -0.39 is 12.0 Å². The summed E-state index contributed by atoms with van der Waals surface area (Å²) in [5.74, 6) is -2.49. The Bertz CT molecular complexity index is 365. The standard InChI is InChI=1S/C16H27F2NO3/c1-2-3-8-21-10-13-11-22-15(20)19-7-5-12-9-16(17,18)6-4-14(12)13/h12-14H,2-11H2,1H3,(H,19,20)/t12-,13-,14?/m1/s1. The van der Waals surface area contributed by atoms with E-state index in [1.54, 1.807) is 0 Å². The van der Waals surface area contributed by atoms with Crippen molar-refractivity contribution >= 4 is 6.09 Å². The van der Waals surface area contributed by atoms with Crippen molar-refractivity contribution in [3.8, 4) is 0 Å². The van der Waals surface area contributed by atoms with Crippen LogP contribution in [0.15, 0.2) is 0 Å². The van der Waals surface area contributed by atoms with E-state index in [9.17, 15) is 13.6 Å². The molecule has 1 amide bonds. The van der Waals surface area contributed by atoms with Gasteiger partial charge in [-0.2, -0.15) is 0 Å². The van der Waals surface area contributed by atoms with Crippen LogP contribution in [0.1, 0.15) is 45.4 Å². The molecule has 1 aliphatic heterocycles. The summed E-state index contributed by atoms with van der Waals surface area (Å²) in [5.41, 5.74) is 0. The number of fused-ring (bicyclic) bond motifs is 1. The van der Waals surface area contributed by atoms with Gasteiger partial charge < -0.3 is 14.8 Å². The van der Waals surface area contributed by atoms with E-state index in [2.05, 4.69) is 12.2 Å². The van der Waals surface area contributed by atoms with Crippen LogP contribution in [-0.4, -0.2) is 38.4 Å². The summed E-state index contributed by atoms with van der Waals surface area (Å²) >= 11 is 0. The summed E-state index contributed by atoms with van der Waals surface area (Å²) in [5, 5.41) is 2.63. The summed E-state index contributed by atoms with van der Waals surface area (Å²) in [6, 6.07) is 0. The Morgan fingerprint density at radius 2 is 2.23 bits per heavy atom. The maximum absolute atomic E-state index is 13.7. The number of halogens is 2. The number of amides is 1. The van der Waals surface area contributed by atoms with Gasteiger partial charge in [-0.1, -0.05) is 13.3 Å². The van der Waals surface area contributed by atoms with Crippen LogP contribution in [0.4, 0.5) is 13.6 Å². The number of alkyl halides is 2. The number of alkyl carbamates (subject to hydrolysis) is 1. The molecule has 0 radical (unpaired) electrons. The molecule has 0 bridgehead atoms. The molecule has 1 unspecified atom stereocenters.